The molecular formula is C20H17N5O4. The van der Waals surface area contributed by atoms with Crippen molar-refractivity contribution in [3.8, 4) is 5.75 Å². The number of hydrogen-bond donors (Lipinski definition) is 1. The summed E-state index contributed by atoms with van der Waals surface area (Å²) in [4.78, 5) is 26.7. The van der Waals surface area contributed by atoms with Crippen LogP contribution in [0, 0.1) is 17.0 Å². The third-order valence-corrected chi connectivity index (χ3v) is 3.99. The van der Waals surface area contributed by atoms with Gasteiger partial charge in [-0.25, -0.2) is 0 Å². The molecule has 0 spiro atoms. The molecule has 0 aliphatic heterocycles. The third-order valence-electron chi connectivity index (χ3n) is 3.99. The van der Waals surface area contributed by atoms with Gasteiger partial charge in [0.25, 0.3) is 11.6 Å². The van der Waals surface area contributed by atoms with Crippen LogP contribution in [0.15, 0.2) is 71.0 Å². The Morgan fingerprint density at radius 2 is 1.97 bits per heavy atom. The summed E-state index contributed by atoms with van der Waals surface area (Å²) in [5.74, 6) is 0.0644. The largest absolute Gasteiger partial charge is 0.494 e. The molecule has 0 bridgehead atoms. The van der Waals surface area contributed by atoms with E-state index in [0.29, 0.717) is 34.1 Å². The minimum atomic E-state index is -0.447. The number of nitro groups is 1. The second-order valence-corrected chi connectivity index (χ2v) is 5.98. The lowest BCUT2D eigenvalue weighted by Gasteiger charge is -2.08. The number of benzene rings is 2. The van der Waals surface area contributed by atoms with E-state index in [1.807, 2.05) is 0 Å². The van der Waals surface area contributed by atoms with Crippen LogP contribution in [0.3, 0.4) is 0 Å². The minimum absolute atomic E-state index is 0.0227. The van der Waals surface area contributed by atoms with Gasteiger partial charge in [0, 0.05) is 29.6 Å². The van der Waals surface area contributed by atoms with E-state index < -0.39 is 4.92 Å². The van der Waals surface area contributed by atoms with Crippen molar-refractivity contribution in [3.63, 3.8) is 0 Å². The maximum absolute atomic E-state index is 12.2. The Morgan fingerprint density at radius 3 is 2.62 bits per heavy atom. The van der Waals surface area contributed by atoms with E-state index >= 15 is 0 Å². The fourth-order valence-electron chi connectivity index (χ4n) is 2.55. The fraction of sp³-hybridized carbons (Fsp3) is 0.100. The molecule has 1 aromatic heterocycles. The van der Waals surface area contributed by atoms with Crippen LogP contribution in [-0.4, -0.2) is 22.9 Å². The average molecular weight is 391 g/mol. The maximum atomic E-state index is 12.2. The summed E-state index contributed by atoms with van der Waals surface area (Å²) in [5, 5.41) is 21.9. The van der Waals surface area contributed by atoms with Gasteiger partial charge in [-0.05, 0) is 43.3 Å². The Morgan fingerprint density at radius 1 is 1.14 bits per heavy atom. The van der Waals surface area contributed by atoms with Gasteiger partial charge < -0.3 is 10.1 Å². The number of methoxy groups -OCH3 is 1. The molecule has 9 nitrogen and oxygen atoms in total. The molecule has 1 amide bonds. The number of amides is 1. The summed E-state index contributed by atoms with van der Waals surface area (Å²) < 4.78 is 5.33. The SMILES string of the molecule is COc1cc(NC(=O)c2ccccn2)ccc1/N=N\c1ccc([N+](=O)[O-])c(C)c1. The number of carbonyl (C=O) groups excluding carboxylic acids is 1. The third kappa shape index (κ3) is 4.78. The molecule has 0 unspecified atom stereocenters. The molecule has 2 aromatic carbocycles. The lowest BCUT2D eigenvalue weighted by Crippen LogP contribution is -2.13. The van der Waals surface area contributed by atoms with Crippen LogP contribution in [0.25, 0.3) is 0 Å². The van der Waals surface area contributed by atoms with Gasteiger partial charge in [-0.3, -0.25) is 19.9 Å². The topological polar surface area (TPSA) is 119 Å². The summed E-state index contributed by atoms with van der Waals surface area (Å²) in [6.07, 6.45) is 1.54. The summed E-state index contributed by atoms with van der Waals surface area (Å²) >= 11 is 0. The normalized spacial score (nSPS) is 10.7. The monoisotopic (exact) mass is 391 g/mol. The Labute approximate surface area is 166 Å². The number of aromatic nitrogens is 1. The van der Waals surface area contributed by atoms with Gasteiger partial charge >= 0.3 is 0 Å². The number of nitrogens with zero attached hydrogens (tertiary/aromatic N) is 4. The Hall–Kier alpha value is -4.14. The van der Waals surface area contributed by atoms with E-state index in [2.05, 4.69) is 20.5 Å². The van der Waals surface area contributed by atoms with Gasteiger partial charge in [0.2, 0.25) is 0 Å². The molecule has 0 saturated heterocycles. The highest BCUT2D eigenvalue weighted by Crippen LogP contribution is 2.32. The van der Waals surface area contributed by atoms with Crippen LogP contribution in [0.1, 0.15) is 16.1 Å². The predicted molar refractivity (Wildman–Crippen MR) is 107 cm³/mol. The fourth-order valence-corrected chi connectivity index (χ4v) is 2.55. The van der Waals surface area contributed by atoms with Gasteiger partial charge in [0.05, 0.1) is 17.7 Å². The van der Waals surface area contributed by atoms with Gasteiger partial charge in [0.1, 0.15) is 17.1 Å². The highest BCUT2D eigenvalue weighted by Gasteiger charge is 2.11. The summed E-state index contributed by atoms with van der Waals surface area (Å²) in [7, 11) is 1.48. The maximum Gasteiger partial charge on any atom is 0.274 e. The van der Waals surface area contributed by atoms with Crippen molar-refractivity contribution < 1.29 is 14.5 Å². The summed E-state index contributed by atoms with van der Waals surface area (Å²) in [6, 6.07) is 14.5. The number of carbonyl (C=O) groups is 1. The molecule has 9 heteroatoms. The van der Waals surface area contributed by atoms with E-state index in [1.54, 1.807) is 55.6 Å². The van der Waals surface area contributed by atoms with E-state index in [4.69, 9.17) is 4.74 Å². The number of nitrogens with one attached hydrogen (secondary N) is 1. The molecule has 1 heterocycles. The molecule has 0 saturated carbocycles. The van der Waals surface area contributed by atoms with Crippen molar-refractivity contribution in [3.05, 3.63) is 82.2 Å². The molecule has 0 atom stereocenters. The van der Waals surface area contributed by atoms with Crippen LogP contribution < -0.4 is 10.1 Å². The van der Waals surface area contributed by atoms with Crippen LogP contribution >= 0.6 is 0 Å². The Balaban J connectivity index is 1.78. The van der Waals surface area contributed by atoms with Crippen LogP contribution in [0.5, 0.6) is 5.75 Å². The number of azo groups is 1. The van der Waals surface area contributed by atoms with Gasteiger partial charge in [-0.1, -0.05) is 6.07 Å². The number of anilines is 1. The Kier molecular flexibility index (Phi) is 5.88. The molecule has 0 aliphatic rings. The lowest BCUT2D eigenvalue weighted by molar-refractivity contribution is -0.385. The van der Waals surface area contributed by atoms with Gasteiger partial charge in [-0.15, -0.1) is 5.11 Å². The van der Waals surface area contributed by atoms with E-state index in [9.17, 15) is 14.9 Å². The number of pyridine rings is 1. The van der Waals surface area contributed by atoms with Crippen LogP contribution in [0.4, 0.5) is 22.7 Å². The standard InChI is InChI=1S/C20H17N5O4/c1-13-11-15(7-9-18(13)25(27)28)23-24-16-8-6-14(12-19(16)29-2)22-20(26)17-5-3-4-10-21-17/h3-12H,1-2H3,(H,22,26)/b24-23-. The summed E-state index contributed by atoms with van der Waals surface area (Å²) in [5.41, 5.74) is 2.24. The van der Waals surface area contributed by atoms with E-state index in [1.165, 1.54) is 19.2 Å². The zero-order valence-corrected chi connectivity index (χ0v) is 15.7. The van der Waals surface area contributed by atoms with Crippen molar-refractivity contribution in [2.45, 2.75) is 6.92 Å². The molecule has 0 aliphatic carbocycles. The molecule has 146 valence electrons. The quantitative estimate of drug-likeness (QED) is 0.361. The van der Waals surface area contributed by atoms with Gasteiger partial charge in [0.15, 0.2) is 0 Å². The minimum Gasteiger partial charge on any atom is -0.494 e. The number of aryl methyl sites for hydroxylation is 1. The van der Waals surface area contributed by atoms with Crippen molar-refractivity contribution in [2.75, 3.05) is 12.4 Å². The number of rotatable bonds is 6. The second kappa shape index (κ2) is 8.70. The van der Waals surface area contributed by atoms with E-state index in [0.717, 1.165) is 0 Å². The molecule has 0 radical (unpaired) electrons. The first-order chi connectivity index (χ1) is 14.0. The lowest BCUT2D eigenvalue weighted by atomic mass is 10.2. The summed E-state index contributed by atoms with van der Waals surface area (Å²) in [6.45, 7) is 1.64. The average Bonchev–Trinajstić information content (AvgIpc) is 2.73. The zero-order valence-electron chi connectivity index (χ0n) is 15.7. The van der Waals surface area contributed by atoms with Crippen LogP contribution in [-0.2, 0) is 0 Å². The Bertz CT molecular complexity index is 1080. The smallest absolute Gasteiger partial charge is 0.274 e. The molecule has 0 fully saturated rings. The first-order valence-corrected chi connectivity index (χ1v) is 8.55. The number of ether oxygens (including phenoxy) is 1. The van der Waals surface area contributed by atoms with Gasteiger partial charge in [-0.2, -0.15) is 5.11 Å². The number of nitro benzene ring substituents is 1. The molecular weight excluding hydrogens is 374 g/mol. The van der Waals surface area contributed by atoms with Crippen molar-refractivity contribution in [1.82, 2.24) is 4.98 Å². The molecule has 3 rings (SSSR count). The highest BCUT2D eigenvalue weighted by molar-refractivity contribution is 6.03. The molecule has 29 heavy (non-hydrogen) atoms. The van der Waals surface area contributed by atoms with Crippen molar-refractivity contribution >= 4 is 28.7 Å². The van der Waals surface area contributed by atoms with Crippen LogP contribution in [0.2, 0.25) is 0 Å². The second-order valence-electron chi connectivity index (χ2n) is 5.98. The predicted octanol–water partition coefficient (Wildman–Crippen LogP) is 4.97. The highest BCUT2D eigenvalue weighted by atomic mass is 16.6. The first kappa shape index (κ1) is 19.6. The zero-order chi connectivity index (χ0) is 20.8. The van der Waals surface area contributed by atoms with Crippen molar-refractivity contribution in [2.24, 2.45) is 10.2 Å². The molecule has 3 aromatic rings. The van der Waals surface area contributed by atoms with E-state index in [-0.39, 0.29) is 11.6 Å². The van der Waals surface area contributed by atoms with Crippen molar-refractivity contribution in [1.29, 1.82) is 0 Å². The number of hydrogen-bond acceptors (Lipinski definition) is 7. The first-order valence-electron chi connectivity index (χ1n) is 8.55. The molecule has 1 N–H and O–H groups in total.